The lowest BCUT2D eigenvalue weighted by Gasteiger charge is -2.22. The summed E-state index contributed by atoms with van der Waals surface area (Å²) in [6.07, 6.45) is 1.49. The maximum Gasteiger partial charge on any atom is 0.325 e. The Hall–Kier alpha value is -3.66. The fourth-order valence-corrected chi connectivity index (χ4v) is 3.87. The molecule has 7 nitrogen and oxygen atoms in total. The van der Waals surface area contributed by atoms with E-state index in [4.69, 9.17) is 5.26 Å². The second-order valence-corrected chi connectivity index (χ2v) is 6.96. The maximum absolute atomic E-state index is 13.0. The van der Waals surface area contributed by atoms with E-state index in [1.165, 1.54) is 0 Å². The number of rotatable bonds is 4. The fourth-order valence-electron chi connectivity index (χ4n) is 3.87. The van der Waals surface area contributed by atoms with Gasteiger partial charge in [0.25, 0.3) is 5.91 Å². The summed E-state index contributed by atoms with van der Waals surface area (Å²) in [7, 11) is 0. The van der Waals surface area contributed by atoms with Crippen LogP contribution < -0.4 is 10.6 Å². The summed E-state index contributed by atoms with van der Waals surface area (Å²) >= 11 is 0. The molecule has 0 radical (unpaired) electrons. The zero-order valence-electron chi connectivity index (χ0n) is 15.1. The highest BCUT2D eigenvalue weighted by molar-refractivity contribution is 6.10. The number of imide groups is 1. The first-order chi connectivity index (χ1) is 13.5. The minimum Gasteiger partial charge on any atom is -0.325 e. The molecule has 1 aliphatic heterocycles. The van der Waals surface area contributed by atoms with Crippen molar-refractivity contribution in [1.29, 1.82) is 5.26 Å². The lowest BCUT2D eigenvalue weighted by molar-refractivity contribution is -0.134. The fraction of sp³-hybridized carbons (Fsp3) is 0.238. The van der Waals surface area contributed by atoms with Gasteiger partial charge >= 0.3 is 6.03 Å². The van der Waals surface area contributed by atoms with Crippen molar-refractivity contribution in [1.82, 2.24) is 10.2 Å². The number of hydrogen-bond donors (Lipinski definition) is 2. The number of carbonyl (C=O) groups excluding carboxylic acids is 3. The Morgan fingerprint density at radius 3 is 2.68 bits per heavy atom. The molecule has 1 heterocycles. The average molecular weight is 374 g/mol. The molecule has 4 rings (SSSR count). The van der Waals surface area contributed by atoms with Crippen LogP contribution in [0, 0.1) is 11.3 Å². The zero-order valence-corrected chi connectivity index (χ0v) is 15.1. The highest BCUT2D eigenvalue weighted by Gasteiger charge is 2.55. The maximum atomic E-state index is 13.0. The molecule has 7 heteroatoms. The van der Waals surface area contributed by atoms with Crippen molar-refractivity contribution >= 4 is 23.5 Å². The Bertz CT molecular complexity index is 1010. The van der Waals surface area contributed by atoms with Crippen molar-refractivity contribution in [2.75, 3.05) is 11.9 Å². The molecule has 2 N–H and O–H groups in total. The molecule has 1 atom stereocenters. The molecule has 1 fully saturated rings. The third kappa shape index (κ3) is 2.89. The molecule has 0 aromatic heterocycles. The topological polar surface area (TPSA) is 102 Å². The molecule has 4 amide bonds. The third-order valence-corrected chi connectivity index (χ3v) is 5.24. The molecule has 0 bridgehead atoms. The molecule has 2 aromatic carbocycles. The molecule has 0 unspecified atom stereocenters. The van der Waals surface area contributed by atoms with Crippen LogP contribution in [-0.4, -0.2) is 29.3 Å². The monoisotopic (exact) mass is 374 g/mol. The van der Waals surface area contributed by atoms with E-state index in [9.17, 15) is 14.4 Å². The molecular weight excluding hydrogens is 356 g/mol. The number of hydrogen-bond acceptors (Lipinski definition) is 4. The van der Waals surface area contributed by atoms with Crippen molar-refractivity contribution in [2.24, 2.45) is 0 Å². The van der Waals surface area contributed by atoms with E-state index in [1.54, 1.807) is 24.3 Å². The summed E-state index contributed by atoms with van der Waals surface area (Å²) < 4.78 is 0. The van der Waals surface area contributed by atoms with Crippen LogP contribution in [0.3, 0.4) is 0 Å². The summed E-state index contributed by atoms with van der Waals surface area (Å²) in [5.41, 5.74) is 2.17. The molecule has 140 valence electrons. The van der Waals surface area contributed by atoms with E-state index in [0.29, 0.717) is 24.9 Å². The molecule has 1 spiro atoms. The average Bonchev–Trinajstić information content (AvgIpc) is 3.17. The van der Waals surface area contributed by atoms with Crippen LogP contribution in [0.25, 0.3) is 0 Å². The van der Waals surface area contributed by atoms with Crippen molar-refractivity contribution in [3.63, 3.8) is 0 Å². The van der Waals surface area contributed by atoms with Gasteiger partial charge in [0.15, 0.2) is 0 Å². The second kappa shape index (κ2) is 6.82. The number of benzene rings is 2. The van der Waals surface area contributed by atoms with Crippen molar-refractivity contribution in [3.05, 3.63) is 65.2 Å². The van der Waals surface area contributed by atoms with Crippen LogP contribution in [0.5, 0.6) is 0 Å². The number of nitrogens with one attached hydrogen (secondary N) is 2. The second-order valence-electron chi connectivity index (χ2n) is 6.96. The number of aryl methyl sites for hydroxylation is 1. The molecule has 1 aliphatic carbocycles. The summed E-state index contributed by atoms with van der Waals surface area (Å²) in [5, 5.41) is 14.2. The Labute approximate surface area is 161 Å². The number of nitrogens with zero attached hydrogens (tertiary/aromatic N) is 2. The van der Waals surface area contributed by atoms with Gasteiger partial charge in [-0.2, -0.15) is 5.26 Å². The van der Waals surface area contributed by atoms with Crippen molar-refractivity contribution < 1.29 is 14.4 Å². The van der Waals surface area contributed by atoms with Crippen LogP contribution in [0.1, 0.15) is 23.1 Å². The Morgan fingerprint density at radius 2 is 1.93 bits per heavy atom. The molecule has 1 saturated heterocycles. The summed E-state index contributed by atoms with van der Waals surface area (Å²) in [6, 6.07) is 15.9. The smallest absolute Gasteiger partial charge is 0.325 e. The minimum atomic E-state index is -1.06. The first-order valence-corrected chi connectivity index (χ1v) is 9.02. The van der Waals surface area contributed by atoms with Gasteiger partial charge in [0.05, 0.1) is 12.5 Å². The Morgan fingerprint density at radius 1 is 1.18 bits per heavy atom. The van der Waals surface area contributed by atoms with Gasteiger partial charge in [-0.3, -0.25) is 14.5 Å². The van der Waals surface area contributed by atoms with E-state index in [1.807, 2.05) is 24.3 Å². The normalized spacial score (nSPS) is 20.0. The zero-order chi connectivity index (χ0) is 19.7. The van der Waals surface area contributed by atoms with Crippen molar-refractivity contribution in [3.8, 4) is 6.07 Å². The van der Waals surface area contributed by atoms with Gasteiger partial charge in [-0.1, -0.05) is 36.4 Å². The minimum absolute atomic E-state index is 0.292. The van der Waals surface area contributed by atoms with E-state index < -0.39 is 17.5 Å². The molecule has 0 saturated carbocycles. The van der Waals surface area contributed by atoms with Crippen LogP contribution >= 0.6 is 0 Å². The van der Waals surface area contributed by atoms with E-state index in [0.717, 1.165) is 21.6 Å². The van der Waals surface area contributed by atoms with E-state index >= 15 is 0 Å². The lowest BCUT2D eigenvalue weighted by Crippen LogP contribution is -2.42. The predicted molar refractivity (Wildman–Crippen MR) is 101 cm³/mol. The van der Waals surface area contributed by atoms with E-state index in [2.05, 4.69) is 16.7 Å². The van der Waals surface area contributed by atoms with Crippen LogP contribution in [-0.2, 0) is 28.0 Å². The number of anilines is 1. The largest absolute Gasteiger partial charge is 0.325 e. The summed E-state index contributed by atoms with van der Waals surface area (Å²) in [5.74, 6) is -0.846. The van der Waals surface area contributed by atoms with Gasteiger partial charge < -0.3 is 10.6 Å². The first kappa shape index (κ1) is 17.7. The van der Waals surface area contributed by atoms with E-state index in [-0.39, 0.29) is 12.5 Å². The van der Waals surface area contributed by atoms with Gasteiger partial charge in [-0.25, -0.2) is 4.79 Å². The molecular formula is C21H18N4O3. The van der Waals surface area contributed by atoms with Gasteiger partial charge in [0.2, 0.25) is 5.91 Å². The number of fused-ring (bicyclic) bond motifs is 2. The first-order valence-electron chi connectivity index (χ1n) is 9.02. The molecule has 28 heavy (non-hydrogen) atoms. The summed E-state index contributed by atoms with van der Waals surface area (Å²) in [6.45, 7) is -0.353. The predicted octanol–water partition coefficient (Wildman–Crippen LogP) is 2.08. The molecule has 2 aromatic rings. The number of carbonyl (C=O) groups is 3. The van der Waals surface area contributed by atoms with Crippen LogP contribution in [0.2, 0.25) is 0 Å². The number of amides is 4. The standard InChI is InChI=1S/C21H18N4O3/c22-12-10-14-5-7-16(8-6-14)23-18(26)13-25-19(27)21(24-20(25)28)11-9-15-3-1-2-4-17(15)21/h1-8H,9-11,13H2,(H,23,26)(H,24,28)/t21-/m0/s1. The number of urea groups is 1. The highest BCUT2D eigenvalue weighted by Crippen LogP contribution is 2.41. The quantitative estimate of drug-likeness (QED) is 0.800. The number of nitriles is 1. The van der Waals surface area contributed by atoms with Crippen molar-refractivity contribution in [2.45, 2.75) is 24.8 Å². The van der Waals surface area contributed by atoms with Gasteiger partial charge in [-0.15, -0.1) is 0 Å². The van der Waals surface area contributed by atoms with Crippen LogP contribution in [0.15, 0.2) is 48.5 Å². The Kier molecular flexibility index (Phi) is 4.32. The van der Waals surface area contributed by atoms with Gasteiger partial charge in [0.1, 0.15) is 12.1 Å². The third-order valence-electron chi connectivity index (χ3n) is 5.24. The molecule has 2 aliphatic rings. The SMILES string of the molecule is N#CCc1ccc(NC(=O)CN2C(=O)N[C@]3(CCc4ccccc43)C2=O)cc1. The summed E-state index contributed by atoms with van der Waals surface area (Å²) in [4.78, 5) is 38.8. The lowest BCUT2D eigenvalue weighted by atomic mass is 9.92. The van der Waals surface area contributed by atoms with Crippen LogP contribution in [0.4, 0.5) is 10.5 Å². The highest BCUT2D eigenvalue weighted by atomic mass is 16.2. The van der Waals surface area contributed by atoms with Gasteiger partial charge in [-0.05, 0) is 41.7 Å². The Balaban J connectivity index is 1.47. The van der Waals surface area contributed by atoms with Gasteiger partial charge in [0, 0.05) is 5.69 Å².